The number of methoxy groups -OCH3 is 2. The number of carbonyl (C=O) groups excluding carboxylic acids is 1. The molecule has 0 bridgehead atoms. The van der Waals surface area contributed by atoms with Crippen molar-refractivity contribution in [1.82, 2.24) is 0 Å². The SMILES string of the molecule is COCCCOc1cc(CC(C[C@H](N)C2C[C@@H](C(C)C)C(=O)O2)C(C)C)ccc1OC. The van der Waals surface area contributed by atoms with E-state index in [0.29, 0.717) is 25.0 Å². The van der Waals surface area contributed by atoms with E-state index in [1.54, 1.807) is 14.2 Å². The number of hydrogen-bond donors (Lipinski definition) is 1. The van der Waals surface area contributed by atoms with E-state index in [-0.39, 0.29) is 30.0 Å². The van der Waals surface area contributed by atoms with E-state index in [1.807, 2.05) is 6.07 Å². The minimum absolute atomic E-state index is 0.0343. The standard InChI is InChI=1S/C25H41NO5/c1-16(2)19(14-21(26)23-15-20(17(3)4)25(27)31-23)12-18-8-9-22(29-6)24(13-18)30-11-7-10-28-5/h8-9,13,16-17,19-21,23H,7,10-12,14-15,26H2,1-6H3/t19?,20-,21-,23?/m0/s1. The van der Waals surface area contributed by atoms with Gasteiger partial charge in [-0.2, -0.15) is 0 Å². The van der Waals surface area contributed by atoms with Crippen LogP contribution in [0.25, 0.3) is 0 Å². The zero-order chi connectivity index (χ0) is 23.0. The summed E-state index contributed by atoms with van der Waals surface area (Å²) in [4.78, 5) is 12.2. The van der Waals surface area contributed by atoms with Crippen LogP contribution in [0, 0.1) is 23.7 Å². The Bertz CT molecular complexity index is 690. The van der Waals surface area contributed by atoms with Crippen LogP contribution in [0.15, 0.2) is 18.2 Å². The van der Waals surface area contributed by atoms with Crippen LogP contribution in [0.1, 0.15) is 52.5 Å². The Balaban J connectivity index is 2.03. The van der Waals surface area contributed by atoms with Crippen LogP contribution in [-0.2, 0) is 20.7 Å². The number of esters is 1. The Morgan fingerprint density at radius 1 is 1.13 bits per heavy atom. The normalized spacial score (nSPS) is 20.7. The van der Waals surface area contributed by atoms with Gasteiger partial charge in [-0.15, -0.1) is 0 Å². The molecule has 4 atom stereocenters. The number of ether oxygens (including phenoxy) is 4. The molecule has 1 aliphatic rings. The lowest BCUT2D eigenvalue weighted by molar-refractivity contribution is -0.146. The summed E-state index contributed by atoms with van der Waals surface area (Å²) in [7, 11) is 3.34. The average molecular weight is 436 g/mol. The maximum absolute atomic E-state index is 12.2. The smallest absolute Gasteiger partial charge is 0.309 e. The summed E-state index contributed by atoms with van der Waals surface area (Å²) >= 11 is 0. The summed E-state index contributed by atoms with van der Waals surface area (Å²) < 4.78 is 22.1. The molecule has 1 heterocycles. The first-order chi connectivity index (χ1) is 14.8. The van der Waals surface area contributed by atoms with Gasteiger partial charge in [0, 0.05) is 26.2 Å². The van der Waals surface area contributed by atoms with E-state index in [4.69, 9.17) is 24.7 Å². The van der Waals surface area contributed by atoms with Crippen molar-refractivity contribution < 1.29 is 23.7 Å². The number of nitrogens with two attached hydrogens (primary N) is 1. The van der Waals surface area contributed by atoms with Crippen molar-refractivity contribution in [3.8, 4) is 11.5 Å². The first kappa shape index (κ1) is 25.5. The molecule has 31 heavy (non-hydrogen) atoms. The molecule has 0 amide bonds. The molecule has 1 aliphatic heterocycles. The van der Waals surface area contributed by atoms with Gasteiger partial charge in [-0.25, -0.2) is 0 Å². The molecule has 0 radical (unpaired) electrons. The van der Waals surface area contributed by atoms with Crippen LogP contribution in [0.5, 0.6) is 11.5 Å². The lowest BCUT2D eigenvalue weighted by atomic mass is 9.82. The number of cyclic esters (lactones) is 1. The molecular formula is C25H41NO5. The van der Waals surface area contributed by atoms with E-state index in [1.165, 1.54) is 5.56 Å². The largest absolute Gasteiger partial charge is 0.493 e. The number of benzene rings is 1. The van der Waals surface area contributed by atoms with E-state index >= 15 is 0 Å². The summed E-state index contributed by atoms with van der Waals surface area (Å²) in [5.74, 6) is 2.48. The van der Waals surface area contributed by atoms with Crippen molar-refractivity contribution in [3.63, 3.8) is 0 Å². The molecule has 1 aromatic rings. The third-order valence-electron chi connectivity index (χ3n) is 6.33. The lowest BCUT2D eigenvalue weighted by Gasteiger charge is -2.27. The Kier molecular flexibility index (Phi) is 10.1. The van der Waals surface area contributed by atoms with Crippen molar-refractivity contribution in [3.05, 3.63) is 23.8 Å². The fraction of sp³-hybridized carbons (Fsp3) is 0.720. The molecule has 0 aliphatic carbocycles. The Hall–Kier alpha value is -1.79. The quantitative estimate of drug-likeness (QED) is 0.369. The molecule has 1 aromatic carbocycles. The fourth-order valence-corrected chi connectivity index (χ4v) is 4.18. The molecule has 6 heteroatoms. The molecule has 1 fully saturated rings. The summed E-state index contributed by atoms with van der Waals surface area (Å²) in [5, 5.41) is 0. The van der Waals surface area contributed by atoms with Crippen LogP contribution < -0.4 is 15.2 Å². The van der Waals surface area contributed by atoms with Gasteiger partial charge in [0.1, 0.15) is 6.10 Å². The highest BCUT2D eigenvalue weighted by Gasteiger charge is 2.39. The number of rotatable bonds is 13. The van der Waals surface area contributed by atoms with Gasteiger partial charge in [0.25, 0.3) is 0 Å². The predicted molar refractivity (Wildman–Crippen MR) is 122 cm³/mol. The minimum atomic E-state index is -0.184. The molecule has 0 spiro atoms. The molecule has 2 N–H and O–H groups in total. The third kappa shape index (κ3) is 7.39. The van der Waals surface area contributed by atoms with Crippen LogP contribution in [0.2, 0.25) is 0 Å². The summed E-state index contributed by atoms with van der Waals surface area (Å²) in [5.41, 5.74) is 7.72. The fourth-order valence-electron chi connectivity index (χ4n) is 4.18. The summed E-state index contributed by atoms with van der Waals surface area (Å²) in [6.07, 6.45) is 3.07. The van der Waals surface area contributed by atoms with Gasteiger partial charge in [-0.05, 0) is 54.7 Å². The highest BCUT2D eigenvalue weighted by molar-refractivity contribution is 5.75. The molecule has 0 aromatic heterocycles. The number of carbonyl (C=O) groups is 1. The topological polar surface area (TPSA) is 80.0 Å². The van der Waals surface area contributed by atoms with Crippen LogP contribution in [0.3, 0.4) is 0 Å². The minimum Gasteiger partial charge on any atom is -0.493 e. The second-order valence-corrected chi connectivity index (χ2v) is 9.35. The lowest BCUT2D eigenvalue weighted by Crippen LogP contribution is -2.37. The third-order valence-corrected chi connectivity index (χ3v) is 6.33. The number of hydrogen-bond acceptors (Lipinski definition) is 6. The van der Waals surface area contributed by atoms with Crippen LogP contribution in [0.4, 0.5) is 0 Å². The zero-order valence-corrected chi connectivity index (χ0v) is 20.1. The second-order valence-electron chi connectivity index (χ2n) is 9.35. The first-order valence-electron chi connectivity index (χ1n) is 11.5. The van der Waals surface area contributed by atoms with Gasteiger partial charge in [0.15, 0.2) is 11.5 Å². The van der Waals surface area contributed by atoms with Crippen molar-refractivity contribution in [1.29, 1.82) is 0 Å². The summed E-state index contributed by atoms with van der Waals surface area (Å²) in [6, 6.07) is 5.97. The van der Waals surface area contributed by atoms with Gasteiger partial charge in [0.2, 0.25) is 0 Å². The van der Waals surface area contributed by atoms with E-state index in [0.717, 1.165) is 37.2 Å². The highest BCUT2D eigenvalue weighted by atomic mass is 16.6. The van der Waals surface area contributed by atoms with Gasteiger partial charge >= 0.3 is 5.97 Å². The Morgan fingerprint density at radius 2 is 1.87 bits per heavy atom. The summed E-state index contributed by atoms with van der Waals surface area (Å²) in [6.45, 7) is 9.82. The predicted octanol–water partition coefficient (Wildman–Crippen LogP) is 4.23. The van der Waals surface area contributed by atoms with Crippen LogP contribution >= 0.6 is 0 Å². The Morgan fingerprint density at radius 3 is 2.45 bits per heavy atom. The van der Waals surface area contributed by atoms with Crippen molar-refractivity contribution in [2.24, 2.45) is 29.4 Å². The van der Waals surface area contributed by atoms with Gasteiger partial charge < -0.3 is 24.7 Å². The molecule has 2 unspecified atom stereocenters. The maximum Gasteiger partial charge on any atom is 0.309 e. The van der Waals surface area contributed by atoms with Crippen molar-refractivity contribution in [2.75, 3.05) is 27.4 Å². The zero-order valence-electron chi connectivity index (χ0n) is 20.1. The average Bonchev–Trinajstić information content (AvgIpc) is 3.13. The van der Waals surface area contributed by atoms with Crippen molar-refractivity contribution in [2.45, 2.75) is 65.5 Å². The molecule has 1 saturated heterocycles. The van der Waals surface area contributed by atoms with E-state index < -0.39 is 0 Å². The first-order valence-corrected chi connectivity index (χ1v) is 11.5. The van der Waals surface area contributed by atoms with E-state index in [9.17, 15) is 4.79 Å². The monoisotopic (exact) mass is 435 g/mol. The van der Waals surface area contributed by atoms with Gasteiger partial charge in [0.05, 0.1) is 19.6 Å². The molecular weight excluding hydrogens is 394 g/mol. The maximum atomic E-state index is 12.2. The molecule has 6 nitrogen and oxygen atoms in total. The second kappa shape index (κ2) is 12.3. The van der Waals surface area contributed by atoms with Gasteiger partial charge in [-0.3, -0.25) is 4.79 Å². The molecule has 2 rings (SSSR count). The van der Waals surface area contributed by atoms with E-state index in [2.05, 4.69) is 39.8 Å². The van der Waals surface area contributed by atoms with Crippen LogP contribution in [-0.4, -0.2) is 45.5 Å². The van der Waals surface area contributed by atoms with Crippen molar-refractivity contribution >= 4 is 5.97 Å². The molecule has 0 saturated carbocycles. The van der Waals surface area contributed by atoms with Gasteiger partial charge in [-0.1, -0.05) is 33.8 Å². The highest BCUT2D eigenvalue weighted by Crippen LogP contribution is 2.34. The Labute approximate surface area is 187 Å². The molecule has 176 valence electrons.